The van der Waals surface area contributed by atoms with E-state index in [1.54, 1.807) is 6.07 Å². The summed E-state index contributed by atoms with van der Waals surface area (Å²) < 4.78 is 14.3. The summed E-state index contributed by atoms with van der Waals surface area (Å²) in [6.45, 7) is 2.01. The molecule has 1 nitrogen and oxygen atoms in total. The minimum atomic E-state index is -0.184. The molecule has 0 fully saturated rings. The van der Waals surface area contributed by atoms with E-state index in [9.17, 15) is 4.39 Å². The number of para-hydroxylation sites is 1. The van der Waals surface area contributed by atoms with Crippen LogP contribution in [0.3, 0.4) is 0 Å². The van der Waals surface area contributed by atoms with Crippen LogP contribution in [0.1, 0.15) is 16.7 Å². The molecule has 0 aliphatic heterocycles. The first kappa shape index (κ1) is 13.1. The van der Waals surface area contributed by atoms with Gasteiger partial charge in [-0.05, 0) is 64.2 Å². The Balaban J connectivity index is 2.40. The average molecular weight is 308 g/mol. The van der Waals surface area contributed by atoms with Crippen molar-refractivity contribution in [3.05, 3.63) is 63.4 Å². The maximum absolute atomic E-state index is 13.3. The van der Waals surface area contributed by atoms with Gasteiger partial charge in [0.15, 0.2) is 0 Å². The zero-order valence-electron chi connectivity index (χ0n) is 10.4. The van der Waals surface area contributed by atoms with E-state index >= 15 is 0 Å². The van der Waals surface area contributed by atoms with Gasteiger partial charge in [-0.1, -0.05) is 18.2 Å². The number of aryl methyl sites for hydroxylation is 1. The van der Waals surface area contributed by atoms with Gasteiger partial charge in [-0.3, -0.25) is 0 Å². The van der Waals surface area contributed by atoms with Gasteiger partial charge in [-0.25, -0.2) is 4.39 Å². The molecule has 2 aromatic rings. The Morgan fingerprint density at radius 2 is 1.94 bits per heavy atom. The molecule has 0 aliphatic carbocycles. The Bertz CT molecular complexity index is 566. The van der Waals surface area contributed by atoms with Gasteiger partial charge in [0.1, 0.15) is 5.82 Å². The SMILES string of the molecule is CNc1c(Br)cccc1Cc1cc(F)ccc1C. The smallest absolute Gasteiger partial charge is 0.123 e. The van der Waals surface area contributed by atoms with Gasteiger partial charge in [0.25, 0.3) is 0 Å². The molecule has 0 heterocycles. The molecular weight excluding hydrogens is 293 g/mol. The van der Waals surface area contributed by atoms with Crippen molar-refractivity contribution >= 4 is 21.6 Å². The van der Waals surface area contributed by atoms with Crippen molar-refractivity contribution in [3.63, 3.8) is 0 Å². The number of anilines is 1. The Kier molecular flexibility index (Phi) is 4.02. The second kappa shape index (κ2) is 5.53. The molecule has 18 heavy (non-hydrogen) atoms. The van der Waals surface area contributed by atoms with Crippen LogP contribution in [0.5, 0.6) is 0 Å². The zero-order chi connectivity index (χ0) is 13.1. The molecule has 2 aromatic carbocycles. The first-order valence-electron chi connectivity index (χ1n) is 5.82. The van der Waals surface area contributed by atoms with Crippen molar-refractivity contribution in [3.8, 4) is 0 Å². The topological polar surface area (TPSA) is 12.0 Å². The molecule has 0 saturated heterocycles. The van der Waals surface area contributed by atoms with E-state index in [-0.39, 0.29) is 5.82 Å². The molecule has 0 bridgehead atoms. The summed E-state index contributed by atoms with van der Waals surface area (Å²) in [6.07, 6.45) is 0.721. The number of rotatable bonds is 3. The molecular formula is C15H15BrFN. The molecule has 0 radical (unpaired) electrons. The van der Waals surface area contributed by atoms with E-state index in [0.717, 1.165) is 33.3 Å². The zero-order valence-corrected chi connectivity index (χ0v) is 12.0. The highest BCUT2D eigenvalue weighted by atomic mass is 79.9. The van der Waals surface area contributed by atoms with Crippen molar-refractivity contribution in [2.75, 3.05) is 12.4 Å². The average Bonchev–Trinajstić information content (AvgIpc) is 2.34. The standard InChI is InChI=1S/C15H15BrFN/c1-10-6-7-13(17)9-12(10)8-11-4-3-5-14(16)15(11)18-2/h3-7,9,18H,8H2,1-2H3. The van der Waals surface area contributed by atoms with Crippen molar-refractivity contribution < 1.29 is 4.39 Å². The molecule has 0 aliphatic rings. The molecule has 3 heteroatoms. The highest BCUT2D eigenvalue weighted by Gasteiger charge is 2.08. The van der Waals surface area contributed by atoms with E-state index in [0.29, 0.717) is 0 Å². The van der Waals surface area contributed by atoms with E-state index in [1.165, 1.54) is 6.07 Å². The van der Waals surface area contributed by atoms with Crippen molar-refractivity contribution in [1.82, 2.24) is 0 Å². The lowest BCUT2D eigenvalue weighted by Gasteiger charge is -2.12. The van der Waals surface area contributed by atoms with Crippen molar-refractivity contribution in [2.45, 2.75) is 13.3 Å². The van der Waals surface area contributed by atoms with Crippen LogP contribution < -0.4 is 5.32 Å². The van der Waals surface area contributed by atoms with E-state index in [1.807, 2.05) is 32.2 Å². The highest BCUT2D eigenvalue weighted by Crippen LogP contribution is 2.28. The molecule has 0 amide bonds. The second-order valence-corrected chi connectivity index (χ2v) is 5.13. The molecule has 0 aromatic heterocycles. The summed E-state index contributed by atoms with van der Waals surface area (Å²) in [5, 5.41) is 3.18. The summed E-state index contributed by atoms with van der Waals surface area (Å²) in [5.41, 5.74) is 4.34. The number of benzene rings is 2. The Morgan fingerprint density at radius 3 is 2.67 bits per heavy atom. The van der Waals surface area contributed by atoms with Gasteiger partial charge >= 0.3 is 0 Å². The van der Waals surface area contributed by atoms with Gasteiger partial charge in [-0.2, -0.15) is 0 Å². The van der Waals surface area contributed by atoms with Crippen molar-refractivity contribution in [2.24, 2.45) is 0 Å². The van der Waals surface area contributed by atoms with Crippen LogP contribution in [0.25, 0.3) is 0 Å². The third kappa shape index (κ3) is 2.72. The monoisotopic (exact) mass is 307 g/mol. The Hall–Kier alpha value is -1.35. The predicted octanol–water partition coefficient (Wildman–Crippen LogP) is 4.53. The number of halogens is 2. The normalized spacial score (nSPS) is 10.4. The van der Waals surface area contributed by atoms with E-state index in [2.05, 4.69) is 27.3 Å². The predicted molar refractivity (Wildman–Crippen MR) is 77.6 cm³/mol. The van der Waals surface area contributed by atoms with Crippen LogP contribution in [0.2, 0.25) is 0 Å². The minimum Gasteiger partial charge on any atom is -0.387 e. The van der Waals surface area contributed by atoms with Crippen LogP contribution in [-0.2, 0) is 6.42 Å². The van der Waals surface area contributed by atoms with Gasteiger partial charge in [0.05, 0.1) is 5.69 Å². The number of hydrogen-bond acceptors (Lipinski definition) is 1. The molecule has 0 atom stereocenters. The Labute approximate surface area is 115 Å². The van der Waals surface area contributed by atoms with Gasteiger partial charge in [0.2, 0.25) is 0 Å². The molecule has 0 unspecified atom stereocenters. The molecule has 0 saturated carbocycles. The van der Waals surface area contributed by atoms with Crippen LogP contribution in [0.15, 0.2) is 40.9 Å². The van der Waals surface area contributed by atoms with Gasteiger partial charge in [0, 0.05) is 11.5 Å². The molecule has 94 valence electrons. The van der Waals surface area contributed by atoms with Crippen LogP contribution in [0, 0.1) is 12.7 Å². The fourth-order valence-corrected chi connectivity index (χ4v) is 2.64. The first-order chi connectivity index (χ1) is 8.61. The maximum atomic E-state index is 13.3. The lowest BCUT2D eigenvalue weighted by atomic mass is 9.99. The minimum absolute atomic E-state index is 0.184. The largest absolute Gasteiger partial charge is 0.387 e. The first-order valence-corrected chi connectivity index (χ1v) is 6.61. The summed E-state index contributed by atoms with van der Waals surface area (Å²) in [4.78, 5) is 0. The van der Waals surface area contributed by atoms with Crippen LogP contribution in [0.4, 0.5) is 10.1 Å². The molecule has 2 rings (SSSR count). The fourth-order valence-electron chi connectivity index (χ4n) is 2.03. The van der Waals surface area contributed by atoms with Crippen molar-refractivity contribution in [1.29, 1.82) is 0 Å². The highest BCUT2D eigenvalue weighted by molar-refractivity contribution is 9.10. The summed E-state index contributed by atoms with van der Waals surface area (Å²) in [6, 6.07) is 11.0. The fraction of sp³-hybridized carbons (Fsp3) is 0.200. The summed E-state index contributed by atoms with van der Waals surface area (Å²) in [5.74, 6) is -0.184. The quantitative estimate of drug-likeness (QED) is 0.878. The van der Waals surface area contributed by atoms with Gasteiger partial charge < -0.3 is 5.32 Å². The number of hydrogen-bond donors (Lipinski definition) is 1. The van der Waals surface area contributed by atoms with E-state index in [4.69, 9.17) is 0 Å². The third-order valence-corrected chi connectivity index (χ3v) is 3.70. The third-order valence-electron chi connectivity index (χ3n) is 3.04. The van der Waals surface area contributed by atoms with E-state index < -0.39 is 0 Å². The molecule has 1 N–H and O–H groups in total. The maximum Gasteiger partial charge on any atom is 0.123 e. The lowest BCUT2D eigenvalue weighted by Crippen LogP contribution is -1.99. The van der Waals surface area contributed by atoms with Crippen LogP contribution >= 0.6 is 15.9 Å². The lowest BCUT2D eigenvalue weighted by molar-refractivity contribution is 0.625. The second-order valence-electron chi connectivity index (χ2n) is 4.27. The molecule has 0 spiro atoms. The summed E-state index contributed by atoms with van der Waals surface area (Å²) >= 11 is 3.52. The Morgan fingerprint density at radius 1 is 1.17 bits per heavy atom. The van der Waals surface area contributed by atoms with Gasteiger partial charge in [-0.15, -0.1) is 0 Å². The number of nitrogens with one attached hydrogen (secondary N) is 1. The van der Waals surface area contributed by atoms with Crippen LogP contribution in [-0.4, -0.2) is 7.05 Å². The summed E-state index contributed by atoms with van der Waals surface area (Å²) in [7, 11) is 1.89.